The molecule has 5 nitrogen and oxygen atoms in total. The third kappa shape index (κ3) is 0.817. The highest BCUT2D eigenvalue weighted by Gasteiger charge is 2.76. The molecule has 16 heavy (non-hydrogen) atoms. The Morgan fingerprint density at radius 2 is 1.88 bits per heavy atom. The number of carboxylic acid groups (broad SMARTS) is 1. The third-order valence-corrected chi connectivity index (χ3v) is 4.53. The molecule has 5 heteroatoms. The number of Topliss-reactive ketones (excluding diaryl/α,β-unsaturated/α-hetero) is 1. The summed E-state index contributed by atoms with van der Waals surface area (Å²) in [6.07, 6.45) is 0.112. The van der Waals surface area contributed by atoms with E-state index in [1.54, 1.807) is 13.8 Å². The number of rotatable bonds is 1. The highest BCUT2D eigenvalue weighted by Crippen LogP contribution is 2.61. The standard InChI is InChI=1S/C11H14O5/c1-9(2)10(3)6(12)4-5-11(9,7(13)14)8(15)16-10/h4-5H2,1-3H3,(H,13,14)/t10-,11+/m1/s1. The first-order valence-corrected chi connectivity index (χ1v) is 5.20. The van der Waals surface area contributed by atoms with Crippen molar-refractivity contribution in [1.82, 2.24) is 0 Å². The van der Waals surface area contributed by atoms with Crippen molar-refractivity contribution >= 4 is 17.7 Å². The minimum absolute atomic E-state index is 0.0303. The molecule has 0 aromatic heterocycles. The molecule has 1 heterocycles. The summed E-state index contributed by atoms with van der Waals surface area (Å²) in [6.45, 7) is 4.74. The Balaban J connectivity index is 2.69. The second kappa shape index (κ2) is 2.64. The van der Waals surface area contributed by atoms with E-state index in [9.17, 15) is 19.5 Å². The van der Waals surface area contributed by atoms with Crippen molar-refractivity contribution in [1.29, 1.82) is 0 Å². The first kappa shape index (κ1) is 11.1. The largest absolute Gasteiger partial charge is 0.480 e. The number of aliphatic carboxylic acids is 1. The summed E-state index contributed by atoms with van der Waals surface area (Å²) in [4.78, 5) is 35.1. The molecular formula is C11H14O5. The number of hydrogen-bond acceptors (Lipinski definition) is 4. The molecule has 0 aromatic carbocycles. The van der Waals surface area contributed by atoms with Crippen LogP contribution in [0, 0.1) is 10.8 Å². The van der Waals surface area contributed by atoms with Gasteiger partial charge in [-0.1, -0.05) is 13.8 Å². The minimum atomic E-state index is -1.57. The number of ether oxygens (including phenoxy) is 1. The summed E-state index contributed by atoms with van der Waals surface area (Å²) < 4.78 is 5.10. The van der Waals surface area contributed by atoms with Gasteiger partial charge in [0, 0.05) is 11.8 Å². The fourth-order valence-corrected chi connectivity index (χ4v) is 2.88. The van der Waals surface area contributed by atoms with Crippen LogP contribution in [0.4, 0.5) is 0 Å². The zero-order valence-electron chi connectivity index (χ0n) is 9.49. The molecular weight excluding hydrogens is 212 g/mol. The highest BCUT2D eigenvalue weighted by molar-refractivity contribution is 6.08. The van der Waals surface area contributed by atoms with Gasteiger partial charge in [0.2, 0.25) is 0 Å². The summed E-state index contributed by atoms with van der Waals surface area (Å²) in [5.74, 6) is -2.17. The molecule has 2 fully saturated rings. The molecule has 1 aliphatic carbocycles. The van der Waals surface area contributed by atoms with Crippen LogP contribution in [0.1, 0.15) is 33.6 Å². The van der Waals surface area contributed by atoms with Gasteiger partial charge in [-0.05, 0) is 13.3 Å². The number of fused-ring (bicyclic) bond motifs is 2. The van der Waals surface area contributed by atoms with Crippen molar-refractivity contribution in [2.24, 2.45) is 10.8 Å². The van der Waals surface area contributed by atoms with Crippen LogP contribution >= 0.6 is 0 Å². The Morgan fingerprint density at radius 1 is 1.31 bits per heavy atom. The van der Waals surface area contributed by atoms with Gasteiger partial charge in [-0.25, -0.2) is 0 Å². The van der Waals surface area contributed by atoms with Crippen LogP contribution in [-0.4, -0.2) is 28.4 Å². The lowest BCUT2D eigenvalue weighted by molar-refractivity contribution is -0.165. The van der Waals surface area contributed by atoms with Crippen LogP contribution in [-0.2, 0) is 19.1 Å². The lowest BCUT2D eigenvalue weighted by Gasteiger charge is -2.44. The summed E-state index contributed by atoms with van der Waals surface area (Å²) in [7, 11) is 0. The van der Waals surface area contributed by atoms with Crippen molar-refractivity contribution in [3.05, 3.63) is 0 Å². The average Bonchev–Trinajstić information content (AvgIpc) is 2.25. The molecule has 2 aliphatic rings. The van der Waals surface area contributed by atoms with E-state index in [-0.39, 0.29) is 18.6 Å². The Morgan fingerprint density at radius 3 is 2.38 bits per heavy atom. The second-order valence-electron chi connectivity index (χ2n) is 5.18. The van der Waals surface area contributed by atoms with Crippen molar-refractivity contribution in [2.75, 3.05) is 0 Å². The SMILES string of the molecule is CC1(C)[C@]2(C(=O)O)CCC(=O)[C@@]1(C)OC2=O. The second-order valence-corrected chi connectivity index (χ2v) is 5.18. The first-order chi connectivity index (χ1) is 7.20. The summed E-state index contributed by atoms with van der Waals surface area (Å²) in [6, 6.07) is 0. The zero-order chi connectivity index (χ0) is 12.4. The van der Waals surface area contributed by atoms with Gasteiger partial charge in [-0.15, -0.1) is 0 Å². The van der Waals surface area contributed by atoms with E-state index in [1.165, 1.54) is 6.92 Å². The van der Waals surface area contributed by atoms with Crippen molar-refractivity contribution in [3.8, 4) is 0 Å². The van der Waals surface area contributed by atoms with Gasteiger partial charge in [-0.3, -0.25) is 14.4 Å². The lowest BCUT2D eigenvalue weighted by atomic mass is 9.53. The molecule has 88 valence electrons. The van der Waals surface area contributed by atoms with Crippen LogP contribution < -0.4 is 0 Å². The van der Waals surface area contributed by atoms with Gasteiger partial charge in [0.15, 0.2) is 16.8 Å². The van der Waals surface area contributed by atoms with Gasteiger partial charge < -0.3 is 9.84 Å². The Hall–Kier alpha value is -1.39. The van der Waals surface area contributed by atoms with Crippen molar-refractivity contribution in [3.63, 3.8) is 0 Å². The number of esters is 1. The molecule has 2 rings (SSSR count). The van der Waals surface area contributed by atoms with Gasteiger partial charge in [0.25, 0.3) is 0 Å². The quantitative estimate of drug-likeness (QED) is 0.527. The number of hydrogen-bond donors (Lipinski definition) is 1. The molecule has 0 radical (unpaired) electrons. The topological polar surface area (TPSA) is 80.7 Å². The Bertz CT molecular complexity index is 411. The number of carboxylic acids is 1. The van der Waals surface area contributed by atoms with E-state index in [1.807, 2.05) is 0 Å². The fourth-order valence-electron chi connectivity index (χ4n) is 2.88. The predicted molar refractivity (Wildman–Crippen MR) is 52.6 cm³/mol. The summed E-state index contributed by atoms with van der Waals surface area (Å²) in [5, 5.41) is 9.31. The minimum Gasteiger partial charge on any atom is -0.480 e. The molecule has 0 unspecified atom stereocenters. The lowest BCUT2D eigenvalue weighted by Crippen LogP contribution is -2.58. The van der Waals surface area contributed by atoms with Gasteiger partial charge >= 0.3 is 11.9 Å². The van der Waals surface area contributed by atoms with Gasteiger partial charge in [0.1, 0.15) is 0 Å². The van der Waals surface area contributed by atoms with E-state index < -0.39 is 28.4 Å². The van der Waals surface area contributed by atoms with E-state index >= 15 is 0 Å². The Kier molecular flexibility index (Phi) is 1.84. The van der Waals surface area contributed by atoms with Crippen LogP contribution in [0.5, 0.6) is 0 Å². The van der Waals surface area contributed by atoms with Crippen LogP contribution in [0.3, 0.4) is 0 Å². The maximum atomic E-state index is 11.8. The maximum Gasteiger partial charge on any atom is 0.325 e. The predicted octanol–water partition coefficient (Wildman–Crippen LogP) is 0.762. The van der Waals surface area contributed by atoms with E-state index in [4.69, 9.17) is 4.74 Å². The number of carbonyl (C=O) groups is 3. The number of ketones is 1. The molecule has 0 spiro atoms. The third-order valence-electron chi connectivity index (χ3n) is 4.53. The average molecular weight is 226 g/mol. The van der Waals surface area contributed by atoms with Crippen LogP contribution in [0.15, 0.2) is 0 Å². The summed E-state index contributed by atoms with van der Waals surface area (Å²) in [5.41, 5.74) is -3.89. The molecule has 0 aromatic rings. The van der Waals surface area contributed by atoms with Gasteiger partial charge in [0.05, 0.1) is 0 Å². The normalized spacial score (nSPS) is 40.7. The zero-order valence-corrected chi connectivity index (χ0v) is 9.49. The molecule has 1 aliphatic heterocycles. The molecule has 2 bridgehead atoms. The molecule has 1 saturated heterocycles. The molecule has 0 amide bonds. The van der Waals surface area contributed by atoms with Crippen molar-refractivity contribution in [2.45, 2.75) is 39.2 Å². The van der Waals surface area contributed by atoms with Crippen LogP contribution in [0.2, 0.25) is 0 Å². The first-order valence-electron chi connectivity index (χ1n) is 5.20. The Labute approximate surface area is 92.8 Å². The monoisotopic (exact) mass is 226 g/mol. The maximum absolute atomic E-state index is 11.8. The molecule has 1 saturated carbocycles. The summed E-state index contributed by atoms with van der Waals surface area (Å²) >= 11 is 0. The molecule has 1 N–H and O–H groups in total. The van der Waals surface area contributed by atoms with E-state index in [2.05, 4.69) is 0 Å². The van der Waals surface area contributed by atoms with Crippen LogP contribution in [0.25, 0.3) is 0 Å². The van der Waals surface area contributed by atoms with E-state index in [0.29, 0.717) is 0 Å². The number of carbonyl (C=O) groups excluding carboxylic acids is 2. The highest BCUT2D eigenvalue weighted by atomic mass is 16.6. The van der Waals surface area contributed by atoms with Gasteiger partial charge in [-0.2, -0.15) is 0 Å². The van der Waals surface area contributed by atoms with E-state index in [0.717, 1.165) is 0 Å². The molecule has 2 atom stereocenters. The smallest absolute Gasteiger partial charge is 0.325 e. The fraction of sp³-hybridized carbons (Fsp3) is 0.727. The van der Waals surface area contributed by atoms with Crippen molar-refractivity contribution < 1.29 is 24.2 Å².